The van der Waals surface area contributed by atoms with Crippen molar-refractivity contribution >= 4 is 11.0 Å². The number of hydrogen-bond acceptors (Lipinski definition) is 4. The van der Waals surface area contributed by atoms with E-state index in [-0.39, 0.29) is 0 Å². The third-order valence-corrected chi connectivity index (χ3v) is 3.53. The molecule has 0 unspecified atom stereocenters. The molecule has 1 aliphatic rings. The summed E-state index contributed by atoms with van der Waals surface area (Å²) in [5.74, 6) is 0.661. The highest BCUT2D eigenvalue weighted by Gasteiger charge is 2.20. The van der Waals surface area contributed by atoms with Gasteiger partial charge in [0.05, 0.1) is 11.0 Å². The number of rotatable bonds is 4. The predicted molar refractivity (Wildman–Crippen MR) is 76.5 cm³/mol. The third kappa shape index (κ3) is 2.16. The van der Waals surface area contributed by atoms with Gasteiger partial charge in [0.15, 0.2) is 0 Å². The van der Waals surface area contributed by atoms with Gasteiger partial charge in [0.25, 0.3) is 0 Å². The van der Waals surface area contributed by atoms with E-state index in [4.69, 9.17) is 0 Å². The minimum atomic E-state index is 0.661. The molecule has 20 heavy (non-hydrogen) atoms. The van der Waals surface area contributed by atoms with Crippen LogP contribution in [0.5, 0.6) is 0 Å². The second-order valence-electron chi connectivity index (χ2n) is 5.15. The minimum absolute atomic E-state index is 0.661. The van der Waals surface area contributed by atoms with E-state index in [0.717, 1.165) is 23.1 Å². The Morgan fingerprint density at radius 3 is 2.70 bits per heavy atom. The fourth-order valence-corrected chi connectivity index (χ4v) is 2.23. The van der Waals surface area contributed by atoms with Crippen LogP contribution in [0.3, 0.4) is 0 Å². The van der Waals surface area contributed by atoms with Crippen LogP contribution in [0.1, 0.15) is 18.4 Å². The van der Waals surface area contributed by atoms with Crippen LogP contribution in [0.4, 0.5) is 0 Å². The average molecular weight is 265 g/mol. The Hall–Kier alpha value is -2.27. The smallest absolute Gasteiger partial charge is 0.235 e. The zero-order chi connectivity index (χ0) is 13.4. The molecule has 4 rings (SSSR count). The number of para-hydroxylation sites is 2. The Morgan fingerprint density at radius 1 is 1.10 bits per heavy atom. The average Bonchev–Trinajstić information content (AvgIpc) is 3.23. The maximum Gasteiger partial charge on any atom is 0.235 e. The normalized spacial score (nSPS) is 14.8. The van der Waals surface area contributed by atoms with Crippen molar-refractivity contribution in [3.8, 4) is 5.95 Å². The minimum Gasteiger partial charge on any atom is -0.310 e. The van der Waals surface area contributed by atoms with Crippen LogP contribution >= 0.6 is 0 Å². The van der Waals surface area contributed by atoms with Gasteiger partial charge in [0.2, 0.25) is 5.95 Å². The Labute approximate surface area is 116 Å². The van der Waals surface area contributed by atoms with Crippen LogP contribution in [0, 0.1) is 0 Å². The molecule has 1 aliphatic carbocycles. The first-order valence-corrected chi connectivity index (χ1v) is 6.87. The van der Waals surface area contributed by atoms with Crippen LogP contribution in [0.25, 0.3) is 17.0 Å². The lowest BCUT2D eigenvalue weighted by molar-refractivity contribution is 0.682. The van der Waals surface area contributed by atoms with Crippen LogP contribution in [-0.4, -0.2) is 25.6 Å². The zero-order valence-electron chi connectivity index (χ0n) is 11.0. The van der Waals surface area contributed by atoms with Gasteiger partial charge >= 0.3 is 0 Å². The van der Waals surface area contributed by atoms with Gasteiger partial charge in [0.1, 0.15) is 6.33 Å². The summed E-state index contributed by atoms with van der Waals surface area (Å²) in [7, 11) is 0. The highest BCUT2D eigenvalue weighted by Crippen LogP contribution is 2.19. The Balaban J connectivity index is 1.61. The lowest BCUT2D eigenvalue weighted by Gasteiger charge is -2.05. The number of nitrogens with one attached hydrogen (secondary N) is 1. The third-order valence-electron chi connectivity index (χ3n) is 3.53. The van der Waals surface area contributed by atoms with Crippen molar-refractivity contribution in [1.82, 2.24) is 24.8 Å². The maximum atomic E-state index is 4.44. The highest BCUT2D eigenvalue weighted by atomic mass is 15.2. The lowest BCUT2D eigenvalue weighted by Crippen LogP contribution is -2.15. The van der Waals surface area contributed by atoms with Crippen molar-refractivity contribution in [1.29, 1.82) is 0 Å². The molecule has 0 radical (unpaired) electrons. The van der Waals surface area contributed by atoms with Crippen molar-refractivity contribution in [2.45, 2.75) is 25.4 Å². The molecule has 3 aromatic rings. The monoisotopic (exact) mass is 265 g/mol. The first kappa shape index (κ1) is 11.5. The number of imidazole rings is 1. The molecule has 0 aliphatic heterocycles. The summed E-state index contributed by atoms with van der Waals surface area (Å²) >= 11 is 0. The summed E-state index contributed by atoms with van der Waals surface area (Å²) in [6.45, 7) is 0.843. The molecule has 0 bridgehead atoms. The van der Waals surface area contributed by atoms with E-state index in [1.807, 2.05) is 41.2 Å². The van der Waals surface area contributed by atoms with Gasteiger partial charge in [-0.25, -0.2) is 15.0 Å². The Morgan fingerprint density at radius 2 is 1.90 bits per heavy atom. The SMILES string of the molecule is c1ccc2c(c1)ncn2-c1ncc(CNC2CC2)cn1. The van der Waals surface area contributed by atoms with E-state index in [9.17, 15) is 0 Å². The van der Waals surface area contributed by atoms with E-state index in [2.05, 4.69) is 20.3 Å². The molecule has 1 N–H and O–H groups in total. The number of fused-ring (bicyclic) bond motifs is 1. The predicted octanol–water partition coefficient (Wildman–Crippen LogP) is 2.07. The Kier molecular flexibility index (Phi) is 2.70. The number of benzene rings is 1. The molecule has 0 spiro atoms. The van der Waals surface area contributed by atoms with Crippen molar-refractivity contribution in [3.05, 3.63) is 48.5 Å². The molecule has 1 aromatic carbocycles. The van der Waals surface area contributed by atoms with Gasteiger partial charge in [0, 0.05) is 30.5 Å². The fraction of sp³-hybridized carbons (Fsp3) is 0.267. The first-order valence-electron chi connectivity index (χ1n) is 6.87. The van der Waals surface area contributed by atoms with E-state index in [0.29, 0.717) is 12.0 Å². The molecule has 1 fully saturated rings. The molecule has 1 saturated carbocycles. The largest absolute Gasteiger partial charge is 0.310 e. The van der Waals surface area contributed by atoms with Gasteiger partial charge in [-0.1, -0.05) is 12.1 Å². The molecule has 0 amide bonds. The van der Waals surface area contributed by atoms with E-state index < -0.39 is 0 Å². The van der Waals surface area contributed by atoms with Crippen molar-refractivity contribution in [3.63, 3.8) is 0 Å². The second-order valence-corrected chi connectivity index (χ2v) is 5.15. The molecule has 5 heteroatoms. The summed E-state index contributed by atoms with van der Waals surface area (Å²) in [5.41, 5.74) is 3.09. The Bertz CT molecular complexity index is 727. The number of hydrogen-bond donors (Lipinski definition) is 1. The summed E-state index contributed by atoms with van der Waals surface area (Å²) < 4.78 is 1.91. The summed E-state index contributed by atoms with van der Waals surface area (Å²) in [6.07, 6.45) is 8.11. The summed E-state index contributed by atoms with van der Waals surface area (Å²) in [4.78, 5) is 13.2. The van der Waals surface area contributed by atoms with Crippen molar-refractivity contribution < 1.29 is 0 Å². The topological polar surface area (TPSA) is 55.6 Å². The van der Waals surface area contributed by atoms with Crippen LogP contribution < -0.4 is 5.32 Å². The van der Waals surface area contributed by atoms with Crippen molar-refractivity contribution in [2.24, 2.45) is 0 Å². The fourth-order valence-electron chi connectivity index (χ4n) is 2.23. The van der Waals surface area contributed by atoms with Crippen LogP contribution in [-0.2, 0) is 6.54 Å². The standard InChI is InChI=1S/C15H15N5/c1-2-4-14-13(3-1)19-10-20(14)15-17-8-11(9-18-15)7-16-12-5-6-12/h1-4,8-10,12,16H,5-7H2. The zero-order valence-corrected chi connectivity index (χ0v) is 11.0. The molecule has 100 valence electrons. The second kappa shape index (κ2) is 4.68. The van der Waals surface area contributed by atoms with Crippen LogP contribution in [0.15, 0.2) is 43.0 Å². The van der Waals surface area contributed by atoms with E-state index in [1.165, 1.54) is 12.8 Å². The summed E-state index contributed by atoms with van der Waals surface area (Å²) in [5, 5.41) is 3.46. The van der Waals surface area contributed by atoms with E-state index in [1.54, 1.807) is 6.33 Å². The van der Waals surface area contributed by atoms with Gasteiger partial charge in [-0.3, -0.25) is 4.57 Å². The van der Waals surface area contributed by atoms with E-state index >= 15 is 0 Å². The molecular weight excluding hydrogens is 250 g/mol. The number of aromatic nitrogens is 4. The van der Waals surface area contributed by atoms with Gasteiger partial charge in [-0.05, 0) is 25.0 Å². The first-order chi connectivity index (χ1) is 9.90. The van der Waals surface area contributed by atoms with Gasteiger partial charge in [-0.15, -0.1) is 0 Å². The summed E-state index contributed by atoms with van der Waals surface area (Å²) in [6, 6.07) is 8.68. The highest BCUT2D eigenvalue weighted by molar-refractivity contribution is 5.76. The lowest BCUT2D eigenvalue weighted by atomic mass is 10.3. The molecule has 2 heterocycles. The maximum absolute atomic E-state index is 4.44. The van der Waals surface area contributed by atoms with Crippen LogP contribution in [0.2, 0.25) is 0 Å². The quantitative estimate of drug-likeness (QED) is 0.784. The molecule has 0 saturated heterocycles. The van der Waals surface area contributed by atoms with Gasteiger partial charge in [-0.2, -0.15) is 0 Å². The van der Waals surface area contributed by atoms with Gasteiger partial charge < -0.3 is 5.32 Å². The molecule has 5 nitrogen and oxygen atoms in total. The molecule has 0 atom stereocenters. The molecular formula is C15H15N5. The van der Waals surface area contributed by atoms with Crippen molar-refractivity contribution in [2.75, 3.05) is 0 Å². The number of nitrogens with zero attached hydrogens (tertiary/aromatic N) is 4. The molecule has 2 aromatic heterocycles.